The van der Waals surface area contributed by atoms with Gasteiger partial charge in [-0.1, -0.05) is 12.1 Å². The van der Waals surface area contributed by atoms with E-state index < -0.39 is 0 Å². The van der Waals surface area contributed by atoms with Gasteiger partial charge in [-0.2, -0.15) is 0 Å². The molecular weight excluding hydrogens is 291 g/mol. The van der Waals surface area contributed by atoms with Crippen molar-refractivity contribution in [3.63, 3.8) is 0 Å². The molecule has 0 radical (unpaired) electrons. The highest BCUT2D eigenvalue weighted by Gasteiger charge is 2.23. The number of ketones is 1. The number of Topliss-reactive ketones (excluding diaryl/α,β-unsaturated/α-hetero) is 1. The van der Waals surface area contributed by atoms with Crippen LogP contribution in [0.3, 0.4) is 0 Å². The summed E-state index contributed by atoms with van der Waals surface area (Å²) in [5, 5.41) is 0. The smallest absolute Gasteiger partial charge is 0.136 e. The predicted molar refractivity (Wildman–Crippen MR) is 62.4 cm³/mol. The lowest BCUT2D eigenvalue weighted by molar-refractivity contribution is -0.117. The zero-order valence-corrected chi connectivity index (χ0v) is 9.86. The normalized spacial score (nSPS) is 21.2. The van der Waals surface area contributed by atoms with Crippen molar-refractivity contribution in [3.8, 4) is 5.75 Å². The average molecular weight is 302 g/mol. The Bertz CT molecular complexity index is 349. The fraction of sp³-hybridized carbons (Fsp3) is 0.364. The van der Waals surface area contributed by atoms with E-state index in [0.29, 0.717) is 18.6 Å². The van der Waals surface area contributed by atoms with E-state index in [0.717, 1.165) is 15.7 Å². The molecular formula is C11H11IO2. The van der Waals surface area contributed by atoms with E-state index in [2.05, 4.69) is 22.6 Å². The molecule has 0 saturated heterocycles. The van der Waals surface area contributed by atoms with Gasteiger partial charge in [-0.25, -0.2) is 0 Å². The SMILES string of the molecule is O=C1CCC(Oc2ccccc2I)C1. The summed E-state index contributed by atoms with van der Waals surface area (Å²) >= 11 is 2.24. The van der Waals surface area contributed by atoms with Crippen LogP contribution < -0.4 is 4.74 Å². The second-order valence-electron chi connectivity index (χ2n) is 3.45. The van der Waals surface area contributed by atoms with Gasteiger partial charge in [0.1, 0.15) is 17.6 Å². The first kappa shape index (κ1) is 9.96. The minimum Gasteiger partial charge on any atom is -0.489 e. The number of carbonyl (C=O) groups is 1. The number of carbonyl (C=O) groups excluding carboxylic acids is 1. The molecule has 1 atom stereocenters. The van der Waals surface area contributed by atoms with Crippen LogP contribution in [-0.4, -0.2) is 11.9 Å². The fourth-order valence-corrected chi connectivity index (χ4v) is 2.12. The van der Waals surface area contributed by atoms with Crippen LogP contribution in [0.15, 0.2) is 24.3 Å². The number of halogens is 1. The predicted octanol–water partition coefficient (Wildman–Crippen LogP) is 2.79. The Morgan fingerprint density at radius 2 is 2.14 bits per heavy atom. The topological polar surface area (TPSA) is 26.3 Å². The average Bonchev–Trinajstić information content (AvgIpc) is 2.56. The van der Waals surface area contributed by atoms with Crippen LogP contribution >= 0.6 is 22.6 Å². The highest BCUT2D eigenvalue weighted by molar-refractivity contribution is 14.1. The van der Waals surface area contributed by atoms with E-state index >= 15 is 0 Å². The van der Waals surface area contributed by atoms with E-state index in [9.17, 15) is 4.79 Å². The molecule has 1 aromatic carbocycles. The van der Waals surface area contributed by atoms with Crippen LogP contribution in [0.25, 0.3) is 0 Å². The Hall–Kier alpha value is -0.580. The Kier molecular flexibility index (Phi) is 3.05. The van der Waals surface area contributed by atoms with E-state index in [1.54, 1.807) is 0 Å². The van der Waals surface area contributed by atoms with Crippen LogP contribution in [0.1, 0.15) is 19.3 Å². The van der Waals surface area contributed by atoms with Crippen molar-refractivity contribution < 1.29 is 9.53 Å². The lowest BCUT2D eigenvalue weighted by Gasteiger charge is -2.13. The number of hydrogen-bond acceptors (Lipinski definition) is 2. The Morgan fingerprint density at radius 3 is 2.79 bits per heavy atom. The lowest BCUT2D eigenvalue weighted by Crippen LogP contribution is -2.12. The monoisotopic (exact) mass is 302 g/mol. The Morgan fingerprint density at radius 1 is 1.36 bits per heavy atom. The Balaban J connectivity index is 2.04. The minimum absolute atomic E-state index is 0.0958. The van der Waals surface area contributed by atoms with E-state index in [4.69, 9.17) is 4.74 Å². The van der Waals surface area contributed by atoms with Crippen LogP contribution in [-0.2, 0) is 4.79 Å². The first-order valence-electron chi connectivity index (χ1n) is 4.68. The molecule has 1 aromatic rings. The maximum atomic E-state index is 11.0. The first-order chi connectivity index (χ1) is 6.75. The molecule has 0 aromatic heterocycles. The van der Waals surface area contributed by atoms with Gasteiger partial charge in [-0.3, -0.25) is 4.79 Å². The van der Waals surface area contributed by atoms with Gasteiger partial charge < -0.3 is 4.74 Å². The summed E-state index contributed by atoms with van der Waals surface area (Å²) in [7, 11) is 0. The second kappa shape index (κ2) is 4.29. The molecule has 14 heavy (non-hydrogen) atoms. The van der Waals surface area contributed by atoms with Gasteiger partial charge in [-0.15, -0.1) is 0 Å². The van der Waals surface area contributed by atoms with Crippen LogP contribution in [0.5, 0.6) is 5.75 Å². The van der Waals surface area contributed by atoms with Gasteiger partial charge in [0, 0.05) is 12.8 Å². The first-order valence-corrected chi connectivity index (χ1v) is 5.76. The fourth-order valence-electron chi connectivity index (χ4n) is 1.60. The third-order valence-electron chi connectivity index (χ3n) is 2.33. The molecule has 2 rings (SSSR count). The van der Waals surface area contributed by atoms with Crippen molar-refractivity contribution in [1.82, 2.24) is 0 Å². The zero-order valence-electron chi connectivity index (χ0n) is 7.70. The zero-order chi connectivity index (χ0) is 9.97. The van der Waals surface area contributed by atoms with Crippen molar-refractivity contribution in [2.45, 2.75) is 25.4 Å². The summed E-state index contributed by atoms with van der Waals surface area (Å²) in [6.45, 7) is 0. The number of hydrogen-bond donors (Lipinski definition) is 0. The third-order valence-corrected chi connectivity index (χ3v) is 3.22. The van der Waals surface area contributed by atoms with Crippen molar-refractivity contribution >= 4 is 28.4 Å². The largest absolute Gasteiger partial charge is 0.489 e. The molecule has 2 nitrogen and oxygen atoms in total. The molecule has 1 aliphatic rings. The summed E-state index contributed by atoms with van der Waals surface area (Å²) in [5.74, 6) is 1.22. The summed E-state index contributed by atoms with van der Waals surface area (Å²) in [6, 6.07) is 7.89. The van der Waals surface area contributed by atoms with E-state index in [1.165, 1.54) is 0 Å². The van der Waals surface area contributed by atoms with Crippen molar-refractivity contribution in [2.24, 2.45) is 0 Å². The number of benzene rings is 1. The quantitative estimate of drug-likeness (QED) is 0.785. The Labute approximate surface area is 96.8 Å². The molecule has 0 spiro atoms. The van der Waals surface area contributed by atoms with Gasteiger partial charge in [0.25, 0.3) is 0 Å². The van der Waals surface area contributed by atoms with Crippen LogP contribution in [0.4, 0.5) is 0 Å². The van der Waals surface area contributed by atoms with Crippen molar-refractivity contribution in [1.29, 1.82) is 0 Å². The molecule has 74 valence electrons. The maximum absolute atomic E-state index is 11.0. The van der Waals surface area contributed by atoms with Crippen molar-refractivity contribution in [2.75, 3.05) is 0 Å². The maximum Gasteiger partial charge on any atom is 0.136 e. The molecule has 1 unspecified atom stereocenters. The van der Waals surface area contributed by atoms with Crippen molar-refractivity contribution in [3.05, 3.63) is 27.8 Å². The molecule has 1 fully saturated rings. The minimum atomic E-state index is 0.0958. The van der Waals surface area contributed by atoms with Gasteiger partial charge >= 0.3 is 0 Å². The lowest BCUT2D eigenvalue weighted by atomic mass is 10.3. The molecule has 0 amide bonds. The number of rotatable bonds is 2. The highest BCUT2D eigenvalue weighted by Crippen LogP contribution is 2.25. The van der Waals surface area contributed by atoms with E-state index in [1.807, 2.05) is 24.3 Å². The van der Waals surface area contributed by atoms with Gasteiger partial charge in [-0.05, 0) is 41.1 Å². The summed E-state index contributed by atoms with van der Waals surface area (Å²) in [4.78, 5) is 11.0. The second-order valence-corrected chi connectivity index (χ2v) is 4.61. The van der Waals surface area contributed by atoms with Gasteiger partial charge in [0.05, 0.1) is 3.57 Å². The highest BCUT2D eigenvalue weighted by atomic mass is 127. The molecule has 3 heteroatoms. The third kappa shape index (κ3) is 2.26. The number of ether oxygens (including phenoxy) is 1. The molecule has 0 bridgehead atoms. The van der Waals surface area contributed by atoms with Gasteiger partial charge in [0.15, 0.2) is 0 Å². The standard InChI is InChI=1S/C11H11IO2/c12-10-3-1-2-4-11(10)14-9-6-5-8(13)7-9/h1-4,9H,5-7H2. The summed E-state index contributed by atoms with van der Waals surface area (Å²) in [5.41, 5.74) is 0. The summed E-state index contributed by atoms with van der Waals surface area (Å²) in [6.07, 6.45) is 2.21. The molecule has 0 N–H and O–H groups in total. The molecule has 1 aliphatic carbocycles. The van der Waals surface area contributed by atoms with Gasteiger partial charge in [0.2, 0.25) is 0 Å². The molecule has 1 saturated carbocycles. The van der Waals surface area contributed by atoms with Crippen LogP contribution in [0.2, 0.25) is 0 Å². The molecule has 0 aliphatic heterocycles. The van der Waals surface area contributed by atoms with E-state index in [-0.39, 0.29) is 6.10 Å². The van der Waals surface area contributed by atoms with Crippen LogP contribution in [0, 0.1) is 3.57 Å². The molecule has 0 heterocycles. The summed E-state index contributed by atoms with van der Waals surface area (Å²) < 4.78 is 6.85. The number of para-hydroxylation sites is 1.